The van der Waals surface area contributed by atoms with Crippen LogP contribution in [0.5, 0.6) is 0 Å². The number of nitrogens with zero attached hydrogens (tertiary/aromatic N) is 3. The van der Waals surface area contributed by atoms with E-state index in [2.05, 4.69) is 20.3 Å². The normalized spacial score (nSPS) is 11.1. The van der Waals surface area contributed by atoms with Crippen LogP contribution in [0.2, 0.25) is 5.02 Å². The van der Waals surface area contributed by atoms with Gasteiger partial charge in [0, 0.05) is 39.9 Å². The quantitative estimate of drug-likeness (QED) is 0.378. The van der Waals surface area contributed by atoms with Crippen LogP contribution in [0.15, 0.2) is 77.3 Å². The number of aromatic amines is 1. The minimum atomic E-state index is -0.437. The lowest BCUT2D eigenvalue weighted by atomic mass is 10.2. The van der Waals surface area contributed by atoms with Gasteiger partial charge in [-0.05, 0) is 42.0 Å². The molecular weight excluding hydrogens is 458 g/mol. The van der Waals surface area contributed by atoms with Crippen molar-refractivity contribution in [2.24, 2.45) is 0 Å². The molecule has 1 aromatic carbocycles. The van der Waals surface area contributed by atoms with E-state index in [4.69, 9.17) is 11.6 Å². The highest BCUT2D eigenvalue weighted by molar-refractivity contribution is 7.10. The van der Waals surface area contributed by atoms with E-state index in [1.54, 1.807) is 30.6 Å². The Morgan fingerprint density at radius 3 is 2.97 bits per heavy atom. The van der Waals surface area contributed by atoms with Crippen molar-refractivity contribution in [2.45, 2.75) is 13.1 Å². The molecule has 2 N–H and O–H groups in total. The fourth-order valence-corrected chi connectivity index (χ4v) is 4.55. The van der Waals surface area contributed by atoms with Crippen molar-refractivity contribution in [3.8, 4) is 11.3 Å². The molecule has 0 atom stereocenters. The van der Waals surface area contributed by atoms with E-state index in [0.717, 1.165) is 32.9 Å². The Morgan fingerprint density at radius 1 is 1.18 bits per heavy atom. The molecule has 0 aliphatic rings. The first-order chi connectivity index (χ1) is 16.1. The summed E-state index contributed by atoms with van der Waals surface area (Å²) in [5.41, 5.74) is 3.17. The second-order valence-corrected chi connectivity index (χ2v) is 8.78. The van der Waals surface area contributed by atoms with Crippen molar-refractivity contribution in [3.63, 3.8) is 0 Å². The predicted molar refractivity (Wildman–Crippen MR) is 130 cm³/mol. The summed E-state index contributed by atoms with van der Waals surface area (Å²) in [6, 6.07) is 14.4. The minimum Gasteiger partial charge on any atom is -0.345 e. The van der Waals surface area contributed by atoms with E-state index in [-0.39, 0.29) is 17.7 Å². The zero-order valence-corrected chi connectivity index (χ0v) is 18.9. The summed E-state index contributed by atoms with van der Waals surface area (Å²) in [7, 11) is 0. The van der Waals surface area contributed by atoms with Crippen LogP contribution in [0.1, 0.15) is 20.9 Å². The first-order valence-electron chi connectivity index (χ1n) is 10.2. The van der Waals surface area contributed by atoms with Crippen molar-refractivity contribution in [2.75, 3.05) is 0 Å². The molecular formula is C24H18ClN5O2S. The standard InChI is InChI=1S/C24H18ClN5O2S/c25-16-5-1-4-15(10-16)13-30-9-3-7-18(24(30)32)23(31)28-12-21-29-20(14-33-21)19-11-27-22-17(19)6-2-8-26-22/h1-11,14H,12-13H2,(H,26,27)(H,28,31). The van der Waals surface area contributed by atoms with Gasteiger partial charge in [-0.15, -0.1) is 11.3 Å². The van der Waals surface area contributed by atoms with E-state index < -0.39 is 5.91 Å². The summed E-state index contributed by atoms with van der Waals surface area (Å²) in [6.45, 7) is 0.558. The number of nitrogens with one attached hydrogen (secondary N) is 2. The third-order valence-corrected chi connectivity index (χ3v) is 6.27. The van der Waals surface area contributed by atoms with Gasteiger partial charge in [-0.1, -0.05) is 23.7 Å². The molecule has 4 heterocycles. The fraction of sp³-hybridized carbons (Fsp3) is 0.0833. The number of carbonyl (C=O) groups excluding carboxylic acids is 1. The van der Waals surface area contributed by atoms with Gasteiger partial charge < -0.3 is 14.9 Å². The Labute approximate surface area is 197 Å². The number of thiazole rings is 1. The number of aromatic nitrogens is 4. The Kier molecular flexibility index (Phi) is 5.77. The molecule has 0 saturated heterocycles. The molecule has 5 aromatic rings. The lowest BCUT2D eigenvalue weighted by Gasteiger charge is -2.09. The SMILES string of the molecule is O=C(NCc1nc(-c2c[nH]c3ncccc23)cs1)c1cccn(Cc2cccc(Cl)c2)c1=O. The van der Waals surface area contributed by atoms with Crippen molar-refractivity contribution < 1.29 is 4.79 Å². The molecule has 0 saturated carbocycles. The highest BCUT2D eigenvalue weighted by Crippen LogP contribution is 2.28. The number of fused-ring (bicyclic) bond motifs is 1. The molecule has 0 aliphatic heterocycles. The van der Waals surface area contributed by atoms with Crippen LogP contribution in [-0.2, 0) is 13.1 Å². The molecule has 0 spiro atoms. The molecule has 9 heteroatoms. The van der Waals surface area contributed by atoms with Crippen molar-refractivity contribution >= 4 is 39.9 Å². The number of H-pyrrole nitrogens is 1. The van der Waals surface area contributed by atoms with Crippen molar-refractivity contribution in [1.82, 2.24) is 24.8 Å². The van der Waals surface area contributed by atoms with E-state index >= 15 is 0 Å². The zero-order chi connectivity index (χ0) is 22.8. The van der Waals surface area contributed by atoms with E-state index in [9.17, 15) is 9.59 Å². The minimum absolute atomic E-state index is 0.0824. The van der Waals surface area contributed by atoms with Crippen LogP contribution >= 0.6 is 22.9 Å². The molecule has 0 radical (unpaired) electrons. The largest absolute Gasteiger partial charge is 0.345 e. The fourth-order valence-electron chi connectivity index (χ4n) is 3.60. The maximum atomic E-state index is 12.8. The molecule has 33 heavy (non-hydrogen) atoms. The van der Waals surface area contributed by atoms with Crippen LogP contribution in [0.25, 0.3) is 22.3 Å². The van der Waals surface area contributed by atoms with Crippen LogP contribution in [0.3, 0.4) is 0 Å². The van der Waals surface area contributed by atoms with Gasteiger partial charge in [0.25, 0.3) is 11.5 Å². The first kappa shape index (κ1) is 21.1. The highest BCUT2D eigenvalue weighted by Gasteiger charge is 2.14. The maximum absolute atomic E-state index is 12.8. The zero-order valence-electron chi connectivity index (χ0n) is 17.3. The Morgan fingerprint density at radius 2 is 2.09 bits per heavy atom. The van der Waals surface area contributed by atoms with Gasteiger partial charge >= 0.3 is 0 Å². The third-order valence-electron chi connectivity index (χ3n) is 5.19. The lowest BCUT2D eigenvalue weighted by Crippen LogP contribution is -2.32. The number of hydrogen-bond donors (Lipinski definition) is 2. The summed E-state index contributed by atoms with van der Waals surface area (Å²) in [5.74, 6) is -0.437. The van der Waals surface area contributed by atoms with Crippen LogP contribution in [0.4, 0.5) is 0 Å². The third kappa shape index (κ3) is 4.44. The van der Waals surface area contributed by atoms with Gasteiger partial charge in [-0.3, -0.25) is 9.59 Å². The first-order valence-corrected chi connectivity index (χ1v) is 11.4. The topological polar surface area (TPSA) is 92.7 Å². The van der Waals surface area contributed by atoms with Gasteiger partial charge in [-0.2, -0.15) is 0 Å². The van der Waals surface area contributed by atoms with Crippen molar-refractivity contribution in [1.29, 1.82) is 0 Å². The number of hydrogen-bond acceptors (Lipinski definition) is 5. The Balaban J connectivity index is 1.29. The van der Waals surface area contributed by atoms with E-state index in [0.29, 0.717) is 11.6 Å². The molecule has 5 rings (SSSR count). The van der Waals surface area contributed by atoms with Gasteiger partial charge in [0.05, 0.1) is 18.8 Å². The molecule has 0 bridgehead atoms. The molecule has 4 aromatic heterocycles. The molecule has 0 fully saturated rings. The number of rotatable bonds is 6. The smallest absolute Gasteiger partial charge is 0.263 e. The predicted octanol–water partition coefficient (Wildman–Crippen LogP) is 4.48. The van der Waals surface area contributed by atoms with Crippen molar-refractivity contribution in [3.05, 3.63) is 104 Å². The second kappa shape index (κ2) is 9.01. The number of pyridine rings is 2. The summed E-state index contributed by atoms with van der Waals surface area (Å²) >= 11 is 7.48. The van der Waals surface area contributed by atoms with Gasteiger partial charge in [0.2, 0.25) is 0 Å². The molecule has 164 valence electrons. The van der Waals surface area contributed by atoms with E-state index in [1.807, 2.05) is 35.8 Å². The number of benzene rings is 1. The number of carbonyl (C=O) groups is 1. The Bertz CT molecular complexity index is 1520. The number of amides is 1. The molecule has 0 unspecified atom stereocenters. The lowest BCUT2D eigenvalue weighted by molar-refractivity contribution is 0.0948. The molecule has 1 amide bonds. The van der Waals surface area contributed by atoms with Crippen LogP contribution in [-0.4, -0.2) is 25.4 Å². The second-order valence-electron chi connectivity index (χ2n) is 7.40. The van der Waals surface area contributed by atoms with Crippen LogP contribution < -0.4 is 10.9 Å². The van der Waals surface area contributed by atoms with Gasteiger partial charge in [0.15, 0.2) is 0 Å². The summed E-state index contributed by atoms with van der Waals surface area (Å²) in [5, 5.41) is 7.08. The average molecular weight is 476 g/mol. The Hall–Kier alpha value is -3.75. The summed E-state index contributed by atoms with van der Waals surface area (Å²) < 4.78 is 1.49. The summed E-state index contributed by atoms with van der Waals surface area (Å²) in [4.78, 5) is 37.6. The summed E-state index contributed by atoms with van der Waals surface area (Å²) in [6.07, 6.45) is 5.27. The number of halogens is 1. The van der Waals surface area contributed by atoms with Crippen LogP contribution in [0, 0.1) is 0 Å². The van der Waals surface area contributed by atoms with Gasteiger partial charge in [-0.25, -0.2) is 9.97 Å². The van der Waals surface area contributed by atoms with E-state index in [1.165, 1.54) is 22.0 Å². The monoisotopic (exact) mass is 475 g/mol. The highest BCUT2D eigenvalue weighted by atomic mass is 35.5. The maximum Gasteiger partial charge on any atom is 0.263 e. The molecule has 0 aliphatic carbocycles. The van der Waals surface area contributed by atoms with Gasteiger partial charge in [0.1, 0.15) is 16.2 Å². The molecule has 7 nitrogen and oxygen atoms in total. The average Bonchev–Trinajstić information content (AvgIpc) is 3.46.